The number of amides is 1. The molecule has 1 atom stereocenters. The average Bonchev–Trinajstić information content (AvgIpc) is 2.95. The second kappa shape index (κ2) is 8.77. The van der Waals surface area contributed by atoms with Crippen LogP contribution in [0.25, 0.3) is 0 Å². The van der Waals surface area contributed by atoms with Crippen molar-refractivity contribution >= 4 is 11.9 Å². The first-order valence-corrected chi connectivity index (χ1v) is 7.61. The van der Waals surface area contributed by atoms with E-state index < -0.39 is 12.1 Å². The first-order chi connectivity index (χ1) is 11.0. The zero-order valence-corrected chi connectivity index (χ0v) is 13.8. The number of rotatable bonds is 5. The molecule has 0 saturated carbocycles. The van der Waals surface area contributed by atoms with Crippen LogP contribution in [-0.4, -0.2) is 39.8 Å². The lowest BCUT2D eigenvalue weighted by Gasteiger charge is -2.17. The Balaban J connectivity index is 0.00000127. The number of aliphatic carboxylic acids is 1. The average molecular weight is 321 g/mol. The monoisotopic (exact) mass is 321 g/mol. The van der Waals surface area contributed by atoms with Gasteiger partial charge in [0, 0.05) is 11.3 Å². The summed E-state index contributed by atoms with van der Waals surface area (Å²) in [5, 5.41) is 18.3. The lowest BCUT2D eigenvalue weighted by atomic mass is 10.1. The molecule has 3 N–H and O–H groups in total. The van der Waals surface area contributed by atoms with Gasteiger partial charge in [0.05, 0.1) is 6.54 Å². The van der Waals surface area contributed by atoms with Crippen molar-refractivity contribution in [2.45, 2.75) is 40.2 Å². The van der Waals surface area contributed by atoms with Gasteiger partial charge in [0.2, 0.25) is 6.10 Å². The summed E-state index contributed by atoms with van der Waals surface area (Å²) in [6.07, 6.45) is 4.40. The Bertz CT molecular complexity index is 617. The van der Waals surface area contributed by atoms with Gasteiger partial charge in [0.1, 0.15) is 5.76 Å². The number of nitrogens with one attached hydrogen (secondary N) is 2. The second-order valence-corrected chi connectivity index (χ2v) is 4.61. The number of aromatic amines is 1. The van der Waals surface area contributed by atoms with Crippen molar-refractivity contribution in [3.8, 4) is 0 Å². The van der Waals surface area contributed by atoms with Crippen LogP contribution in [0.1, 0.15) is 42.5 Å². The molecule has 0 saturated heterocycles. The highest BCUT2D eigenvalue weighted by Gasteiger charge is 2.20. The van der Waals surface area contributed by atoms with E-state index in [-0.39, 0.29) is 12.5 Å². The first kappa shape index (κ1) is 18.5. The van der Waals surface area contributed by atoms with E-state index in [1.807, 2.05) is 27.7 Å². The number of carbonyl (C=O) groups excluding carboxylic acids is 1. The highest BCUT2D eigenvalue weighted by molar-refractivity contribution is 5.94. The van der Waals surface area contributed by atoms with Crippen LogP contribution in [0.2, 0.25) is 0 Å². The van der Waals surface area contributed by atoms with Gasteiger partial charge < -0.3 is 15.2 Å². The summed E-state index contributed by atoms with van der Waals surface area (Å²) in [6.45, 7) is 7.92. The maximum absolute atomic E-state index is 12.0. The molecule has 1 aliphatic heterocycles. The summed E-state index contributed by atoms with van der Waals surface area (Å²) in [4.78, 5) is 22.9. The molecule has 0 bridgehead atoms. The van der Waals surface area contributed by atoms with Crippen LogP contribution in [0.5, 0.6) is 0 Å². The van der Waals surface area contributed by atoms with Crippen molar-refractivity contribution in [2.24, 2.45) is 0 Å². The van der Waals surface area contributed by atoms with E-state index in [0.29, 0.717) is 11.5 Å². The molecule has 1 aromatic heterocycles. The largest absolute Gasteiger partial charge is 0.478 e. The number of hydrogen-bond donors (Lipinski definition) is 3. The van der Waals surface area contributed by atoms with Gasteiger partial charge >= 0.3 is 5.97 Å². The standard InChI is InChI=1S/C14H17N3O4.C2H6/c1-3-10-8(2)12(17-16-10)13(18)15-7-9-5-4-6-11(21-9)14(19)20;1-2/h4-6,11H,3,7H2,1-2H3,(H,15,18)(H,16,17)(H,19,20);1-2H3. The molecule has 1 aromatic rings. The lowest BCUT2D eigenvalue weighted by molar-refractivity contribution is -0.145. The Morgan fingerprint density at radius 1 is 1.43 bits per heavy atom. The van der Waals surface area contributed by atoms with Crippen LogP contribution < -0.4 is 5.32 Å². The summed E-state index contributed by atoms with van der Waals surface area (Å²) in [5.74, 6) is -1.00. The SMILES string of the molecule is CC.CCc1[nH]nc(C(=O)NCC2=CC=CC(C(=O)O)O2)c1C. The predicted octanol–water partition coefficient (Wildman–Crippen LogP) is 1.96. The third-order valence-corrected chi connectivity index (χ3v) is 3.19. The van der Waals surface area contributed by atoms with E-state index in [0.717, 1.165) is 17.7 Å². The molecule has 0 spiro atoms. The molecule has 2 rings (SSSR count). The lowest BCUT2D eigenvalue weighted by Crippen LogP contribution is -2.31. The highest BCUT2D eigenvalue weighted by Crippen LogP contribution is 2.12. The number of aryl methyl sites for hydroxylation is 1. The fourth-order valence-corrected chi connectivity index (χ4v) is 1.99. The molecule has 7 nitrogen and oxygen atoms in total. The molecule has 23 heavy (non-hydrogen) atoms. The number of carbonyl (C=O) groups is 2. The van der Waals surface area contributed by atoms with Gasteiger partial charge in [-0.1, -0.05) is 26.8 Å². The third kappa shape index (κ3) is 4.70. The topological polar surface area (TPSA) is 104 Å². The van der Waals surface area contributed by atoms with Crippen LogP contribution in [0, 0.1) is 6.92 Å². The van der Waals surface area contributed by atoms with E-state index in [2.05, 4.69) is 15.5 Å². The minimum atomic E-state index is -1.07. The van der Waals surface area contributed by atoms with E-state index in [4.69, 9.17) is 9.84 Å². The molecule has 2 heterocycles. The quantitative estimate of drug-likeness (QED) is 0.769. The van der Waals surface area contributed by atoms with Crippen molar-refractivity contribution in [1.29, 1.82) is 0 Å². The maximum atomic E-state index is 12.0. The predicted molar refractivity (Wildman–Crippen MR) is 86.1 cm³/mol. The number of H-pyrrole nitrogens is 1. The van der Waals surface area contributed by atoms with Crippen molar-refractivity contribution in [3.63, 3.8) is 0 Å². The second-order valence-electron chi connectivity index (χ2n) is 4.61. The fraction of sp³-hybridized carbons (Fsp3) is 0.438. The molecule has 0 radical (unpaired) electrons. The molecule has 0 fully saturated rings. The van der Waals surface area contributed by atoms with Crippen molar-refractivity contribution < 1.29 is 19.4 Å². The fourth-order valence-electron chi connectivity index (χ4n) is 1.99. The molecule has 7 heteroatoms. The van der Waals surface area contributed by atoms with Crippen molar-refractivity contribution in [2.75, 3.05) is 6.54 Å². The van der Waals surface area contributed by atoms with Gasteiger partial charge in [-0.05, 0) is 25.5 Å². The molecular formula is C16H23N3O4. The first-order valence-electron chi connectivity index (χ1n) is 7.61. The van der Waals surface area contributed by atoms with Crippen LogP contribution in [0.3, 0.4) is 0 Å². The summed E-state index contributed by atoms with van der Waals surface area (Å²) in [5.41, 5.74) is 2.08. The molecule has 1 unspecified atom stereocenters. The van der Waals surface area contributed by atoms with Crippen LogP contribution in [0.15, 0.2) is 24.0 Å². The molecule has 1 amide bonds. The molecule has 126 valence electrons. The highest BCUT2D eigenvalue weighted by atomic mass is 16.5. The number of allylic oxidation sites excluding steroid dienone is 2. The Hall–Kier alpha value is -2.57. The van der Waals surface area contributed by atoms with Gasteiger partial charge in [-0.25, -0.2) is 4.79 Å². The van der Waals surface area contributed by atoms with Crippen LogP contribution in [-0.2, 0) is 16.0 Å². The number of carboxylic acids is 1. The van der Waals surface area contributed by atoms with Crippen molar-refractivity contribution in [3.05, 3.63) is 40.9 Å². The molecular weight excluding hydrogens is 298 g/mol. The number of ether oxygens (including phenoxy) is 1. The van der Waals surface area contributed by atoms with E-state index in [9.17, 15) is 9.59 Å². The number of hydrogen-bond acceptors (Lipinski definition) is 4. The van der Waals surface area contributed by atoms with Gasteiger partial charge in [-0.15, -0.1) is 0 Å². The Morgan fingerprint density at radius 3 is 2.70 bits per heavy atom. The smallest absolute Gasteiger partial charge is 0.349 e. The van der Waals surface area contributed by atoms with E-state index in [1.165, 1.54) is 6.08 Å². The van der Waals surface area contributed by atoms with Gasteiger partial charge in [0.15, 0.2) is 5.69 Å². The van der Waals surface area contributed by atoms with Gasteiger partial charge in [-0.3, -0.25) is 9.89 Å². The molecule has 0 aliphatic carbocycles. The number of nitrogens with zero attached hydrogens (tertiary/aromatic N) is 1. The number of aromatic nitrogens is 2. The van der Waals surface area contributed by atoms with Crippen LogP contribution >= 0.6 is 0 Å². The summed E-state index contributed by atoms with van der Waals surface area (Å²) in [6, 6.07) is 0. The molecule has 1 aliphatic rings. The van der Waals surface area contributed by atoms with E-state index >= 15 is 0 Å². The minimum absolute atomic E-state index is 0.112. The molecule has 0 aromatic carbocycles. The normalized spacial score (nSPS) is 15.8. The Morgan fingerprint density at radius 2 is 2.13 bits per heavy atom. The number of carboxylic acid groups (broad SMARTS) is 1. The van der Waals surface area contributed by atoms with Gasteiger partial charge in [-0.2, -0.15) is 5.10 Å². The van der Waals surface area contributed by atoms with Crippen molar-refractivity contribution in [1.82, 2.24) is 15.5 Å². The summed E-state index contributed by atoms with van der Waals surface area (Å²) in [7, 11) is 0. The minimum Gasteiger partial charge on any atom is -0.478 e. The van der Waals surface area contributed by atoms with Crippen LogP contribution in [0.4, 0.5) is 0 Å². The summed E-state index contributed by atoms with van der Waals surface area (Å²) < 4.78 is 5.22. The van der Waals surface area contributed by atoms with Gasteiger partial charge in [0.25, 0.3) is 5.91 Å². The Kier molecular flexibility index (Phi) is 7.05. The summed E-state index contributed by atoms with van der Waals surface area (Å²) >= 11 is 0. The zero-order valence-electron chi connectivity index (χ0n) is 13.8. The zero-order chi connectivity index (χ0) is 17.4. The third-order valence-electron chi connectivity index (χ3n) is 3.19. The Labute approximate surface area is 135 Å². The maximum Gasteiger partial charge on any atom is 0.349 e. The van der Waals surface area contributed by atoms with E-state index in [1.54, 1.807) is 12.2 Å².